The molecule has 2 aromatic carbocycles. The van der Waals surface area contributed by atoms with Crippen LogP contribution in [0, 0.1) is 0 Å². The molecule has 5 rings (SSSR count). The average Bonchev–Trinajstić information content (AvgIpc) is 3.38. The van der Waals surface area contributed by atoms with E-state index in [-0.39, 0.29) is 5.91 Å². The van der Waals surface area contributed by atoms with Crippen LogP contribution in [0.4, 0.5) is 0 Å². The molecule has 1 fully saturated rings. The first-order valence-electron chi connectivity index (χ1n) is 10.1. The minimum absolute atomic E-state index is 0.141. The van der Waals surface area contributed by atoms with Crippen LogP contribution in [0.2, 0.25) is 5.02 Å². The van der Waals surface area contributed by atoms with E-state index < -0.39 is 0 Å². The third-order valence-corrected chi connectivity index (χ3v) is 6.91. The fourth-order valence-electron chi connectivity index (χ4n) is 3.51. The zero-order chi connectivity index (χ0) is 22.8. The number of aromatic nitrogens is 3. The molecular weight excluding hydrogens is 472 g/mol. The number of hydrogen-bond donors (Lipinski definition) is 0. The molecule has 0 aliphatic carbocycles. The fourth-order valence-corrected chi connectivity index (χ4v) is 4.96. The summed E-state index contributed by atoms with van der Waals surface area (Å²) in [5.41, 5.74) is 4.28. The van der Waals surface area contributed by atoms with Crippen LogP contribution < -0.4 is 0 Å². The molecule has 2 aromatic heterocycles. The fraction of sp³-hybridized carbons (Fsp3) is 0.0400. The monoisotopic (exact) mass is 488 g/mol. The molecule has 1 amide bonds. The smallest absolute Gasteiger partial charge is 0.266 e. The summed E-state index contributed by atoms with van der Waals surface area (Å²) in [7, 11) is 0. The molecule has 1 aliphatic rings. The predicted octanol–water partition coefficient (Wildman–Crippen LogP) is 5.99. The molecule has 0 saturated carbocycles. The summed E-state index contributed by atoms with van der Waals surface area (Å²) in [6, 6.07) is 21.1. The van der Waals surface area contributed by atoms with Crippen LogP contribution in [0.5, 0.6) is 0 Å². The molecule has 5 nitrogen and oxygen atoms in total. The number of pyridine rings is 1. The van der Waals surface area contributed by atoms with Crippen LogP contribution in [-0.4, -0.2) is 29.9 Å². The van der Waals surface area contributed by atoms with Gasteiger partial charge in [-0.05, 0) is 42.0 Å². The van der Waals surface area contributed by atoms with Gasteiger partial charge in [0.2, 0.25) is 0 Å². The Labute approximate surface area is 205 Å². The maximum Gasteiger partial charge on any atom is 0.266 e. The predicted molar refractivity (Wildman–Crippen MR) is 137 cm³/mol. The summed E-state index contributed by atoms with van der Waals surface area (Å²) in [5.74, 6) is -0.141. The Morgan fingerprint density at radius 1 is 1.00 bits per heavy atom. The minimum Gasteiger partial charge on any atom is -0.288 e. The number of hydrogen-bond acceptors (Lipinski definition) is 5. The van der Waals surface area contributed by atoms with E-state index in [2.05, 4.69) is 4.98 Å². The first-order chi connectivity index (χ1) is 16.1. The number of carbonyl (C=O) groups is 1. The van der Waals surface area contributed by atoms with Gasteiger partial charge in [0.05, 0.1) is 17.1 Å². The maximum absolute atomic E-state index is 13.2. The van der Waals surface area contributed by atoms with Gasteiger partial charge in [-0.1, -0.05) is 72.0 Å². The lowest BCUT2D eigenvalue weighted by atomic mass is 10.1. The quantitative estimate of drug-likeness (QED) is 0.255. The molecule has 3 heterocycles. The average molecular weight is 489 g/mol. The number of amides is 1. The lowest BCUT2D eigenvalue weighted by molar-refractivity contribution is -0.122. The van der Waals surface area contributed by atoms with Crippen molar-refractivity contribution in [2.75, 3.05) is 0 Å². The van der Waals surface area contributed by atoms with Crippen LogP contribution >= 0.6 is 35.6 Å². The molecule has 0 spiro atoms. The molecule has 1 saturated heterocycles. The van der Waals surface area contributed by atoms with Gasteiger partial charge in [0.25, 0.3) is 5.91 Å². The number of benzene rings is 2. The SMILES string of the molecule is O=C1/C(=C/c2cn(-c3ccccc3)nc2-c2ccncc2)SC(=S)N1Cc1ccccc1Cl. The topological polar surface area (TPSA) is 51.0 Å². The third-order valence-electron chi connectivity index (χ3n) is 5.16. The Kier molecular flexibility index (Phi) is 6.09. The second-order valence-corrected chi connectivity index (χ2v) is 9.39. The third kappa shape index (κ3) is 4.48. The zero-order valence-corrected chi connectivity index (χ0v) is 19.6. The first-order valence-corrected chi connectivity index (χ1v) is 11.7. The molecule has 162 valence electrons. The van der Waals surface area contributed by atoms with E-state index in [9.17, 15) is 4.79 Å². The van der Waals surface area contributed by atoms with E-state index in [1.54, 1.807) is 17.3 Å². The van der Waals surface area contributed by atoms with Crippen molar-refractivity contribution in [2.24, 2.45) is 0 Å². The molecule has 4 aromatic rings. The van der Waals surface area contributed by atoms with Gasteiger partial charge in [-0.15, -0.1) is 0 Å². The van der Waals surface area contributed by atoms with Crippen molar-refractivity contribution in [3.63, 3.8) is 0 Å². The van der Waals surface area contributed by atoms with Crippen molar-refractivity contribution < 1.29 is 4.79 Å². The van der Waals surface area contributed by atoms with Gasteiger partial charge in [0, 0.05) is 34.7 Å². The number of rotatable bonds is 5. The van der Waals surface area contributed by atoms with Gasteiger partial charge in [-0.3, -0.25) is 14.7 Å². The van der Waals surface area contributed by atoms with Gasteiger partial charge in [-0.2, -0.15) is 5.10 Å². The van der Waals surface area contributed by atoms with Crippen molar-refractivity contribution in [1.82, 2.24) is 19.7 Å². The molecule has 0 bridgehead atoms. The number of carbonyl (C=O) groups excluding carboxylic acids is 1. The van der Waals surface area contributed by atoms with Crippen LogP contribution in [0.1, 0.15) is 11.1 Å². The normalized spacial score (nSPS) is 14.9. The van der Waals surface area contributed by atoms with E-state index in [1.807, 2.05) is 83.7 Å². The molecular formula is C25H17ClN4OS2. The van der Waals surface area contributed by atoms with E-state index >= 15 is 0 Å². The highest BCUT2D eigenvalue weighted by molar-refractivity contribution is 8.26. The van der Waals surface area contributed by atoms with Crippen LogP contribution in [0.25, 0.3) is 23.0 Å². The highest BCUT2D eigenvalue weighted by Crippen LogP contribution is 2.36. The van der Waals surface area contributed by atoms with Gasteiger partial charge < -0.3 is 0 Å². The summed E-state index contributed by atoms with van der Waals surface area (Å²) >= 11 is 13.1. The maximum atomic E-state index is 13.2. The first kappa shape index (κ1) is 21.6. The van der Waals surface area contributed by atoms with Crippen LogP contribution in [-0.2, 0) is 11.3 Å². The summed E-state index contributed by atoms with van der Waals surface area (Å²) in [6.07, 6.45) is 7.23. The highest BCUT2D eigenvalue weighted by Gasteiger charge is 2.32. The largest absolute Gasteiger partial charge is 0.288 e. The van der Waals surface area contributed by atoms with E-state index in [4.69, 9.17) is 28.9 Å². The number of para-hydroxylation sites is 1. The summed E-state index contributed by atoms with van der Waals surface area (Å²) < 4.78 is 2.32. The summed E-state index contributed by atoms with van der Waals surface area (Å²) in [4.78, 5) is 19.5. The molecule has 0 radical (unpaired) electrons. The Morgan fingerprint density at radius 2 is 1.73 bits per heavy atom. The number of halogens is 1. The second-order valence-electron chi connectivity index (χ2n) is 7.31. The van der Waals surface area contributed by atoms with Gasteiger partial charge in [0.15, 0.2) is 0 Å². The van der Waals surface area contributed by atoms with Crippen molar-refractivity contribution in [2.45, 2.75) is 6.54 Å². The van der Waals surface area contributed by atoms with Crippen LogP contribution in [0.3, 0.4) is 0 Å². The molecule has 8 heteroatoms. The van der Waals surface area contributed by atoms with E-state index in [1.165, 1.54) is 11.8 Å². The molecule has 1 aliphatic heterocycles. The van der Waals surface area contributed by atoms with Crippen molar-refractivity contribution in [1.29, 1.82) is 0 Å². The van der Waals surface area contributed by atoms with Gasteiger partial charge in [-0.25, -0.2) is 4.68 Å². The molecule has 33 heavy (non-hydrogen) atoms. The molecule has 0 N–H and O–H groups in total. The Balaban J connectivity index is 1.52. The molecule has 0 atom stereocenters. The number of thiocarbonyl (C=S) groups is 1. The number of thioether (sulfide) groups is 1. The zero-order valence-electron chi connectivity index (χ0n) is 17.3. The van der Waals surface area contributed by atoms with Gasteiger partial charge >= 0.3 is 0 Å². The van der Waals surface area contributed by atoms with E-state index in [0.29, 0.717) is 20.8 Å². The standard InChI is InChI=1S/C25H17ClN4OS2/c26-21-9-5-4-6-18(21)15-29-24(31)22(33-25(29)32)14-19-16-30(20-7-2-1-3-8-20)28-23(19)17-10-12-27-13-11-17/h1-14,16H,15H2/b22-14-. The highest BCUT2D eigenvalue weighted by atomic mass is 35.5. The minimum atomic E-state index is -0.141. The van der Waals surface area contributed by atoms with E-state index in [0.717, 1.165) is 28.1 Å². The van der Waals surface area contributed by atoms with Crippen molar-refractivity contribution >= 4 is 51.9 Å². The lowest BCUT2D eigenvalue weighted by Crippen LogP contribution is -2.27. The number of nitrogens with zero attached hydrogens (tertiary/aromatic N) is 4. The van der Waals surface area contributed by atoms with Crippen LogP contribution in [0.15, 0.2) is 90.2 Å². The molecule has 0 unspecified atom stereocenters. The van der Waals surface area contributed by atoms with Crippen molar-refractivity contribution in [3.05, 3.63) is 106 Å². The van der Waals surface area contributed by atoms with Gasteiger partial charge in [0.1, 0.15) is 10.0 Å². The van der Waals surface area contributed by atoms with Crippen molar-refractivity contribution in [3.8, 4) is 16.9 Å². The lowest BCUT2D eigenvalue weighted by Gasteiger charge is -2.15. The Hall–Kier alpha value is -3.26. The Bertz CT molecular complexity index is 1370. The Morgan fingerprint density at radius 3 is 2.48 bits per heavy atom. The second kappa shape index (κ2) is 9.31. The summed E-state index contributed by atoms with van der Waals surface area (Å²) in [6.45, 7) is 0.335. The summed E-state index contributed by atoms with van der Waals surface area (Å²) in [5, 5.41) is 5.41.